The Hall–Kier alpha value is -4.36. The van der Waals surface area contributed by atoms with Crippen molar-refractivity contribution >= 4 is 58.1 Å². The van der Waals surface area contributed by atoms with E-state index < -0.39 is 5.97 Å². The van der Waals surface area contributed by atoms with Gasteiger partial charge in [-0.15, -0.1) is 5.10 Å². The minimum Gasteiger partial charge on any atom is -0.464 e. The first-order valence-electron chi connectivity index (χ1n) is 12.3. The highest BCUT2D eigenvalue weighted by Gasteiger charge is 2.28. The fourth-order valence-corrected chi connectivity index (χ4v) is 4.94. The molecule has 0 spiro atoms. The largest absolute Gasteiger partial charge is 0.464 e. The van der Waals surface area contributed by atoms with Crippen molar-refractivity contribution in [1.82, 2.24) is 39.0 Å². The Morgan fingerprint density at radius 2 is 1.92 bits per heavy atom. The van der Waals surface area contributed by atoms with Gasteiger partial charge >= 0.3 is 5.97 Å². The molecule has 1 fully saturated rings. The number of rotatable bonds is 8. The van der Waals surface area contributed by atoms with Crippen LogP contribution in [0.4, 0.5) is 11.9 Å². The smallest absolute Gasteiger partial charge is 0.356 e. The molecule has 5 heterocycles. The fraction of sp³-hybridized carbons (Fsp3) is 0.320. The van der Waals surface area contributed by atoms with Gasteiger partial charge in [-0.3, -0.25) is 9.89 Å². The molecule has 0 aromatic carbocycles. The summed E-state index contributed by atoms with van der Waals surface area (Å²) in [5.41, 5.74) is 7.76. The molecule has 1 aliphatic heterocycles. The first-order valence-corrected chi connectivity index (χ1v) is 12.7. The van der Waals surface area contributed by atoms with Crippen molar-refractivity contribution in [1.29, 1.82) is 0 Å². The molecule has 2 N–H and O–H groups in total. The maximum atomic E-state index is 12.9. The topological polar surface area (TPSA) is 145 Å². The van der Waals surface area contributed by atoms with E-state index in [1.54, 1.807) is 48.3 Å². The third kappa shape index (κ3) is 4.93. The minimum absolute atomic E-state index is 0.0954. The minimum atomic E-state index is -0.580. The third-order valence-electron chi connectivity index (χ3n) is 6.44. The Morgan fingerprint density at radius 3 is 2.59 bits per heavy atom. The zero-order valence-electron chi connectivity index (χ0n) is 21.7. The van der Waals surface area contributed by atoms with Gasteiger partial charge in [0.15, 0.2) is 5.65 Å². The number of nitrogen functional groups attached to an aromatic ring is 1. The number of carbonyl (C=O) groups excluding carboxylic acids is 1. The number of halogens is 1. The van der Waals surface area contributed by atoms with Crippen LogP contribution < -0.4 is 10.6 Å². The number of anilines is 2. The molecule has 1 aliphatic rings. The molecule has 202 valence electrons. The number of aromatic nitrogens is 7. The molecular weight excluding hydrogens is 522 g/mol. The summed E-state index contributed by atoms with van der Waals surface area (Å²) in [6, 6.07) is 1.80. The summed E-state index contributed by atoms with van der Waals surface area (Å²) in [5.74, 6) is 0.555. The Kier molecular flexibility index (Phi) is 7.52. The number of hydrogen-bond acceptors (Lipinski definition) is 11. The van der Waals surface area contributed by atoms with E-state index in [-0.39, 0.29) is 16.7 Å². The molecule has 13 nitrogen and oxygen atoms in total. The van der Waals surface area contributed by atoms with Crippen LogP contribution in [0, 0.1) is 0 Å². The van der Waals surface area contributed by atoms with E-state index in [1.165, 1.54) is 11.6 Å². The van der Waals surface area contributed by atoms with Crippen LogP contribution in [0.3, 0.4) is 0 Å². The molecule has 0 unspecified atom stereocenters. The number of methoxy groups -OCH3 is 1. The van der Waals surface area contributed by atoms with E-state index in [1.807, 2.05) is 0 Å². The molecule has 0 atom stereocenters. The molecule has 5 rings (SSSR count). The van der Waals surface area contributed by atoms with Gasteiger partial charge in [-0.2, -0.15) is 9.50 Å². The number of piperazine rings is 1. The van der Waals surface area contributed by atoms with Gasteiger partial charge in [0.2, 0.25) is 17.7 Å². The summed E-state index contributed by atoms with van der Waals surface area (Å²) in [7, 11) is 1.31. The maximum absolute atomic E-state index is 12.9. The van der Waals surface area contributed by atoms with Crippen molar-refractivity contribution in [3.8, 4) is 0 Å². The molecule has 0 radical (unpaired) electrons. The highest BCUT2D eigenvalue weighted by molar-refractivity contribution is 6.39. The lowest BCUT2D eigenvalue weighted by atomic mass is 10.3. The highest BCUT2D eigenvalue weighted by atomic mass is 35.5. The van der Waals surface area contributed by atoms with Gasteiger partial charge in [0, 0.05) is 57.9 Å². The number of nitrogens with two attached hydrogens (primary N) is 1. The van der Waals surface area contributed by atoms with Gasteiger partial charge in [0.25, 0.3) is 0 Å². The number of hydrogen-bond donors (Lipinski definition) is 1. The number of aliphatic imine (C=N–C) groups is 1. The Labute approximate surface area is 229 Å². The van der Waals surface area contributed by atoms with Crippen LogP contribution in [0.15, 0.2) is 42.2 Å². The van der Waals surface area contributed by atoms with Gasteiger partial charge in [-0.25, -0.2) is 19.7 Å². The summed E-state index contributed by atoms with van der Waals surface area (Å²) in [5, 5.41) is 5.10. The summed E-state index contributed by atoms with van der Waals surface area (Å²) in [6.07, 6.45) is 8.39. The standard InChI is InChI=1S/C25H28ClN11O2/c1-4-7-16(28-5-2)20-31-22-17-18(26)19(23(38)39-3)36(21(17)32-24(27)37(22)33-20)15-12-34-10-13-35(14-11-34)25-29-8-6-9-30-25/h4-9H,1,10-15H2,2-3H3,(H2,27,32)/b16-7-,28-5?. The van der Waals surface area contributed by atoms with Gasteiger partial charge in [0.05, 0.1) is 17.5 Å². The van der Waals surface area contributed by atoms with Crippen molar-refractivity contribution in [2.75, 3.05) is 50.5 Å². The predicted molar refractivity (Wildman–Crippen MR) is 150 cm³/mol. The van der Waals surface area contributed by atoms with E-state index >= 15 is 0 Å². The van der Waals surface area contributed by atoms with Crippen molar-refractivity contribution in [3.05, 3.63) is 53.7 Å². The Bertz CT molecular complexity index is 1580. The van der Waals surface area contributed by atoms with Crippen molar-refractivity contribution in [2.24, 2.45) is 4.99 Å². The molecule has 39 heavy (non-hydrogen) atoms. The first kappa shape index (κ1) is 26.3. The van der Waals surface area contributed by atoms with Crippen molar-refractivity contribution in [3.63, 3.8) is 0 Å². The number of ether oxygens (including phenoxy) is 1. The van der Waals surface area contributed by atoms with Crippen LogP contribution in [0.2, 0.25) is 5.02 Å². The lowest BCUT2D eigenvalue weighted by molar-refractivity contribution is 0.0588. The lowest BCUT2D eigenvalue weighted by Gasteiger charge is -2.34. The monoisotopic (exact) mass is 549 g/mol. The molecule has 4 aromatic rings. The second-order valence-electron chi connectivity index (χ2n) is 8.70. The maximum Gasteiger partial charge on any atom is 0.356 e. The van der Waals surface area contributed by atoms with E-state index in [0.29, 0.717) is 41.3 Å². The zero-order valence-corrected chi connectivity index (χ0v) is 22.4. The summed E-state index contributed by atoms with van der Waals surface area (Å²) in [6.45, 7) is 9.79. The molecule has 0 bridgehead atoms. The number of esters is 1. The molecule has 0 amide bonds. The average molecular weight is 550 g/mol. The van der Waals surface area contributed by atoms with Gasteiger partial charge in [0.1, 0.15) is 17.0 Å². The molecular formula is C25H28ClN11O2. The average Bonchev–Trinajstić information content (AvgIpc) is 3.52. The molecule has 1 saturated heterocycles. The van der Waals surface area contributed by atoms with Gasteiger partial charge < -0.3 is 19.9 Å². The summed E-state index contributed by atoms with van der Waals surface area (Å²) in [4.78, 5) is 39.5. The number of carbonyl (C=O) groups is 1. The molecule has 0 aliphatic carbocycles. The molecule has 4 aromatic heterocycles. The summed E-state index contributed by atoms with van der Waals surface area (Å²) < 4.78 is 8.20. The van der Waals surface area contributed by atoms with E-state index in [0.717, 1.165) is 32.1 Å². The normalized spacial score (nSPS) is 15.1. The Balaban J connectivity index is 1.49. The predicted octanol–water partition coefficient (Wildman–Crippen LogP) is 2.33. The number of nitrogens with zero attached hydrogens (tertiary/aromatic N) is 10. The number of fused-ring (bicyclic) bond motifs is 3. The van der Waals surface area contributed by atoms with E-state index in [9.17, 15) is 4.79 Å². The van der Waals surface area contributed by atoms with E-state index in [4.69, 9.17) is 22.1 Å². The fourth-order valence-electron chi connectivity index (χ4n) is 4.60. The van der Waals surface area contributed by atoms with Gasteiger partial charge in [-0.1, -0.05) is 24.3 Å². The van der Waals surface area contributed by atoms with Gasteiger partial charge in [-0.05, 0) is 19.1 Å². The number of allylic oxidation sites excluding steroid dienone is 2. The summed E-state index contributed by atoms with van der Waals surface area (Å²) >= 11 is 6.81. The first-order chi connectivity index (χ1) is 19.0. The van der Waals surface area contributed by atoms with Crippen LogP contribution in [0.5, 0.6) is 0 Å². The second-order valence-corrected chi connectivity index (χ2v) is 9.08. The van der Waals surface area contributed by atoms with Crippen molar-refractivity contribution < 1.29 is 9.53 Å². The quantitative estimate of drug-likeness (QED) is 0.197. The van der Waals surface area contributed by atoms with E-state index in [2.05, 4.69) is 46.4 Å². The van der Waals surface area contributed by atoms with Crippen molar-refractivity contribution in [2.45, 2.75) is 13.5 Å². The van der Waals surface area contributed by atoms with Crippen LogP contribution in [-0.4, -0.2) is 91.0 Å². The van der Waals surface area contributed by atoms with Crippen LogP contribution in [0.1, 0.15) is 23.2 Å². The van der Waals surface area contributed by atoms with Crippen LogP contribution in [-0.2, 0) is 11.3 Å². The SMILES string of the molecule is C=C/C=C(\N=CC)c1nc2c3c(Cl)c(C(=O)OC)n(CCN4CCN(c5ncccn5)CC4)c3nc(N)n2n1. The highest BCUT2D eigenvalue weighted by Crippen LogP contribution is 2.34. The molecule has 0 saturated carbocycles. The third-order valence-corrected chi connectivity index (χ3v) is 6.81. The lowest BCUT2D eigenvalue weighted by Crippen LogP contribution is -2.47. The van der Waals surface area contributed by atoms with Crippen LogP contribution >= 0.6 is 11.6 Å². The Morgan fingerprint density at radius 1 is 1.18 bits per heavy atom. The second kappa shape index (κ2) is 11.2. The zero-order chi connectivity index (χ0) is 27.5. The van der Waals surface area contributed by atoms with Crippen LogP contribution in [0.25, 0.3) is 22.4 Å². The molecule has 14 heteroatoms.